The molecule has 0 bridgehead atoms. The van der Waals surface area contributed by atoms with E-state index in [1.165, 1.54) is 30.2 Å². The van der Waals surface area contributed by atoms with Crippen molar-refractivity contribution in [2.75, 3.05) is 37.7 Å². The van der Waals surface area contributed by atoms with Gasteiger partial charge in [-0.3, -0.25) is 0 Å². The molecule has 4 nitrogen and oxygen atoms in total. The van der Waals surface area contributed by atoms with Crippen molar-refractivity contribution in [1.82, 2.24) is 14.8 Å². The molecule has 2 rings (SSSR count). The molecule has 1 aliphatic rings. The van der Waals surface area contributed by atoms with Crippen molar-refractivity contribution < 1.29 is 0 Å². The summed E-state index contributed by atoms with van der Waals surface area (Å²) in [6.45, 7) is 5.42. The highest BCUT2D eigenvalue weighted by Gasteiger charge is 2.09. The number of nitrogens with one attached hydrogen (secondary N) is 1. The van der Waals surface area contributed by atoms with Gasteiger partial charge >= 0.3 is 0 Å². The SMILES string of the molecule is Cn1cc(CNCCN2CCSCC2)cc1C#N. The summed E-state index contributed by atoms with van der Waals surface area (Å²) in [6, 6.07) is 4.13. The van der Waals surface area contributed by atoms with E-state index in [1.807, 2.05) is 35.6 Å². The first kappa shape index (κ1) is 13.5. The summed E-state index contributed by atoms with van der Waals surface area (Å²) in [5, 5.41) is 12.3. The molecular weight excluding hydrogens is 244 g/mol. The number of nitriles is 1. The lowest BCUT2D eigenvalue weighted by atomic mass is 10.3. The zero-order valence-corrected chi connectivity index (χ0v) is 11.7. The van der Waals surface area contributed by atoms with Crippen LogP contribution in [0.25, 0.3) is 0 Å². The molecule has 0 aromatic carbocycles. The molecule has 18 heavy (non-hydrogen) atoms. The monoisotopic (exact) mass is 264 g/mol. The van der Waals surface area contributed by atoms with Gasteiger partial charge in [0.2, 0.25) is 0 Å². The van der Waals surface area contributed by atoms with E-state index >= 15 is 0 Å². The number of thioether (sulfide) groups is 1. The van der Waals surface area contributed by atoms with Crippen molar-refractivity contribution in [3.05, 3.63) is 23.5 Å². The Labute approximate surface area is 113 Å². The van der Waals surface area contributed by atoms with Gasteiger partial charge in [-0.2, -0.15) is 17.0 Å². The Kier molecular flexibility index (Phi) is 5.12. The summed E-state index contributed by atoms with van der Waals surface area (Å²) in [6.07, 6.45) is 2.02. The number of nitrogens with zero attached hydrogens (tertiary/aromatic N) is 3. The van der Waals surface area contributed by atoms with Gasteiger partial charge in [-0.25, -0.2) is 0 Å². The van der Waals surface area contributed by atoms with Crippen LogP contribution in [0.3, 0.4) is 0 Å². The zero-order chi connectivity index (χ0) is 12.8. The predicted molar refractivity (Wildman–Crippen MR) is 75.6 cm³/mol. The second-order valence-corrected chi connectivity index (χ2v) is 5.81. The minimum atomic E-state index is 0.722. The van der Waals surface area contributed by atoms with Gasteiger partial charge in [0.15, 0.2) is 0 Å². The van der Waals surface area contributed by atoms with Crippen molar-refractivity contribution >= 4 is 11.8 Å². The Morgan fingerprint density at radius 3 is 2.89 bits per heavy atom. The fraction of sp³-hybridized carbons (Fsp3) is 0.615. The van der Waals surface area contributed by atoms with Gasteiger partial charge in [0.05, 0.1) is 0 Å². The van der Waals surface area contributed by atoms with Crippen LogP contribution in [-0.2, 0) is 13.6 Å². The van der Waals surface area contributed by atoms with E-state index in [2.05, 4.69) is 16.3 Å². The summed E-state index contributed by atoms with van der Waals surface area (Å²) in [5.41, 5.74) is 1.91. The number of aromatic nitrogens is 1. The summed E-state index contributed by atoms with van der Waals surface area (Å²) < 4.78 is 1.87. The third kappa shape index (κ3) is 3.77. The second kappa shape index (κ2) is 6.83. The highest BCUT2D eigenvalue weighted by atomic mass is 32.2. The molecule has 0 atom stereocenters. The highest BCUT2D eigenvalue weighted by Crippen LogP contribution is 2.08. The Balaban J connectivity index is 1.67. The lowest BCUT2D eigenvalue weighted by Gasteiger charge is -2.26. The van der Waals surface area contributed by atoms with Crippen LogP contribution in [0.15, 0.2) is 12.3 Å². The van der Waals surface area contributed by atoms with Crippen LogP contribution in [0.4, 0.5) is 0 Å². The Bertz CT molecular complexity index is 415. The van der Waals surface area contributed by atoms with Crippen LogP contribution in [-0.4, -0.2) is 47.2 Å². The molecule has 1 N–H and O–H groups in total. The fourth-order valence-corrected chi connectivity index (χ4v) is 3.11. The van der Waals surface area contributed by atoms with E-state index in [9.17, 15) is 0 Å². The molecule has 0 amide bonds. The first-order valence-corrected chi connectivity index (χ1v) is 7.51. The smallest absolute Gasteiger partial charge is 0.120 e. The van der Waals surface area contributed by atoms with E-state index in [0.717, 1.165) is 25.3 Å². The molecule has 0 unspecified atom stereocenters. The van der Waals surface area contributed by atoms with Crippen molar-refractivity contribution in [3.8, 4) is 6.07 Å². The standard InChI is InChI=1S/C13H20N4S/c1-16-11-12(8-13(16)9-14)10-15-2-3-17-4-6-18-7-5-17/h8,11,15H,2-7,10H2,1H3. The molecule has 1 aliphatic heterocycles. The van der Waals surface area contributed by atoms with E-state index in [1.54, 1.807) is 0 Å². The van der Waals surface area contributed by atoms with Gasteiger partial charge in [-0.15, -0.1) is 0 Å². The first-order chi connectivity index (χ1) is 8.79. The van der Waals surface area contributed by atoms with Crippen molar-refractivity contribution in [1.29, 1.82) is 5.26 Å². The maximum atomic E-state index is 8.87. The molecule has 98 valence electrons. The van der Waals surface area contributed by atoms with Gasteiger partial charge in [0.25, 0.3) is 0 Å². The summed E-state index contributed by atoms with van der Waals surface area (Å²) in [7, 11) is 1.91. The fourth-order valence-electron chi connectivity index (χ4n) is 2.14. The average molecular weight is 264 g/mol. The van der Waals surface area contributed by atoms with Crippen LogP contribution in [0.5, 0.6) is 0 Å². The molecule has 1 aromatic heterocycles. The van der Waals surface area contributed by atoms with Gasteiger partial charge in [0.1, 0.15) is 11.8 Å². The van der Waals surface area contributed by atoms with Gasteiger partial charge in [-0.05, 0) is 11.6 Å². The second-order valence-electron chi connectivity index (χ2n) is 4.59. The normalized spacial score (nSPS) is 16.7. The first-order valence-electron chi connectivity index (χ1n) is 6.36. The van der Waals surface area contributed by atoms with E-state index in [0.29, 0.717) is 0 Å². The van der Waals surface area contributed by atoms with Crippen LogP contribution < -0.4 is 5.32 Å². The topological polar surface area (TPSA) is 44.0 Å². The molecular formula is C13H20N4S. The maximum Gasteiger partial charge on any atom is 0.120 e. The number of rotatable bonds is 5. The Hall–Kier alpha value is -0.960. The predicted octanol–water partition coefficient (Wildman–Crippen LogP) is 1.04. The van der Waals surface area contributed by atoms with Crippen LogP contribution in [0.1, 0.15) is 11.3 Å². The summed E-state index contributed by atoms with van der Waals surface area (Å²) in [4.78, 5) is 2.51. The summed E-state index contributed by atoms with van der Waals surface area (Å²) in [5.74, 6) is 2.54. The quantitative estimate of drug-likeness (QED) is 0.807. The van der Waals surface area contributed by atoms with Gasteiger partial charge in [-0.1, -0.05) is 0 Å². The van der Waals surface area contributed by atoms with Crippen molar-refractivity contribution in [3.63, 3.8) is 0 Å². The molecule has 1 aromatic rings. The molecule has 2 heterocycles. The molecule has 0 saturated carbocycles. The Morgan fingerprint density at radius 2 is 2.22 bits per heavy atom. The lowest BCUT2D eigenvalue weighted by molar-refractivity contribution is 0.301. The number of hydrogen-bond acceptors (Lipinski definition) is 4. The van der Waals surface area contributed by atoms with Crippen LogP contribution in [0, 0.1) is 11.3 Å². The minimum Gasteiger partial charge on any atom is -0.342 e. The largest absolute Gasteiger partial charge is 0.342 e. The molecule has 0 spiro atoms. The van der Waals surface area contributed by atoms with Crippen LogP contribution >= 0.6 is 11.8 Å². The maximum absolute atomic E-state index is 8.87. The van der Waals surface area contributed by atoms with E-state index < -0.39 is 0 Å². The highest BCUT2D eigenvalue weighted by molar-refractivity contribution is 7.99. The number of hydrogen-bond donors (Lipinski definition) is 1. The van der Waals surface area contributed by atoms with Crippen molar-refractivity contribution in [2.24, 2.45) is 7.05 Å². The molecule has 0 aliphatic carbocycles. The van der Waals surface area contributed by atoms with Crippen LogP contribution in [0.2, 0.25) is 0 Å². The molecule has 1 fully saturated rings. The lowest BCUT2D eigenvalue weighted by Crippen LogP contribution is -2.37. The van der Waals surface area contributed by atoms with Gasteiger partial charge < -0.3 is 14.8 Å². The minimum absolute atomic E-state index is 0.722. The molecule has 5 heteroatoms. The van der Waals surface area contributed by atoms with Gasteiger partial charge in [0, 0.05) is 57.5 Å². The summed E-state index contributed by atoms with van der Waals surface area (Å²) >= 11 is 2.05. The van der Waals surface area contributed by atoms with Crippen molar-refractivity contribution in [2.45, 2.75) is 6.54 Å². The third-order valence-corrected chi connectivity index (χ3v) is 4.16. The molecule has 0 radical (unpaired) electrons. The zero-order valence-electron chi connectivity index (χ0n) is 10.9. The Morgan fingerprint density at radius 1 is 1.44 bits per heavy atom. The number of aryl methyl sites for hydroxylation is 1. The molecule has 1 saturated heterocycles. The average Bonchev–Trinajstić information content (AvgIpc) is 2.76. The third-order valence-electron chi connectivity index (χ3n) is 3.21. The van der Waals surface area contributed by atoms with E-state index in [-0.39, 0.29) is 0 Å². The van der Waals surface area contributed by atoms with E-state index in [4.69, 9.17) is 5.26 Å².